The van der Waals surface area contributed by atoms with E-state index in [1.807, 2.05) is 0 Å². The summed E-state index contributed by atoms with van der Waals surface area (Å²) in [6.45, 7) is 8.07. The summed E-state index contributed by atoms with van der Waals surface area (Å²) in [5.74, 6) is 1.25. The Bertz CT molecular complexity index is 194. The number of nitrogens with two attached hydrogens (primary N) is 1. The van der Waals surface area contributed by atoms with Crippen LogP contribution in [0.25, 0.3) is 0 Å². The van der Waals surface area contributed by atoms with E-state index >= 15 is 0 Å². The maximum atomic E-state index is 5.70. The summed E-state index contributed by atoms with van der Waals surface area (Å²) in [5.41, 5.74) is 5.70. The summed E-state index contributed by atoms with van der Waals surface area (Å²) in [7, 11) is 0. The fourth-order valence-corrected chi connectivity index (χ4v) is 2.22. The van der Waals surface area contributed by atoms with Crippen molar-refractivity contribution < 1.29 is 0 Å². The van der Waals surface area contributed by atoms with Crippen molar-refractivity contribution >= 4 is 17.2 Å². The Morgan fingerprint density at radius 3 is 2.93 bits per heavy atom. The first-order valence-corrected chi connectivity index (χ1v) is 6.06. The smallest absolute Gasteiger partial charge is 0.0771 e. The molecule has 0 bridgehead atoms. The number of rotatable bonds is 4. The fraction of sp³-hybridized carbons (Fsp3) is 0.909. The molecule has 0 amide bonds. The molecule has 1 heterocycles. The van der Waals surface area contributed by atoms with Gasteiger partial charge in [-0.25, -0.2) is 0 Å². The Labute approximate surface area is 92.8 Å². The molecule has 82 valence electrons. The lowest BCUT2D eigenvalue weighted by Gasteiger charge is -2.33. The molecular formula is C11H22N2S. The van der Waals surface area contributed by atoms with Gasteiger partial charge in [0.1, 0.15) is 0 Å². The molecule has 1 fully saturated rings. The van der Waals surface area contributed by atoms with E-state index in [1.54, 1.807) is 0 Å². The lowest BCUT2D eigenvalue weighted by Crippen LogP contribution is -2.42. The van der Waals surface area contributed by atoms with Crippen LogP contribution < -0.4 is 5.73 Å². The molecule has 1 rings (SSSR count). The minimum absolute atomic E-state index is 0.461. The molecule has 1 aliphatic heterocycles. The van der Waals surface area contributed by atoms with Gasteiger partial charge in [-0.05, 0) is 25.3 Å². The standard InChI is InChI=1S/C11H22N2S/c1-3-9(2)7-13-6-4-5-10(8-13)11(12)14/h9-10H,3-8H2,1-2H3,(H2,12,14). The van der Waals surface area contributed by atoms with E-state index in [0.717, 1.165) is 12.5 Å². The van der Waals surface area contributed by atoms with E-state index in [9.17, 15) is 0 Å². The molecule has 0 spiro atoms. The zero-order valence-corrected chi connectivity index (χ0v) is 10.1. The highest BCUT2D eigenvalue weighted by atomic mass is 32.1. The van der Waals surface area contributed by atoms with Gasteiger partial charge < -0.3 is 10.6 Å². The number of piperidine rings is 1. The molecule has 0 aromatic heterocycles. The molecule has 0 radical (unpaired) electrons. The molecule has 14 heavy (non-hydrogen) atoms. The topological polar surface area (TPSA) is 29.3 Å². The van der Waals surface area contributed by atoms with Crippen LogP contribution in [-0.2, 0) is 0 Å². The van der Waals surface area contributed by atoms with Crippen LogP contribution in [0.5, 0.6) is 0 Å². The van der Waals surface area contributed by atoms with Crippen molar-refractivity contribution in [3.8, 4) is 0 Å². The van der Waals surface area contributed by atoms with Gasteiger partial charge in [-0.1, -0.05) is 32.5 Å². The largest absolute Gasteiger partial charge is 0.393 e. The number of hydrogen-bond donors (Lipinski definition) is 1. The monoisotopic (exact) mass is 214 g/mol. The summed E-state index contributed by atoms with van der Waals surface area (Å²) < 4.78 is 0. The summed E-state index contributed by atoms with van der Waals surface area (Å²) in [5, 5.41) is 0. The van der Waals surface area contributed by atoms with E-state index in [4.69, 9.17) is 18.0 Å². The molecule has 1 saturated heterocycles. The van der Waals surface area contributed by atoms with Crippen LogP contribution in [-0.4, -0.2) is 29.5 Å². The van der Waals surface area contributed by atoms with E-state index in [0.29, 0.717) is 10.9 Å². The second kappa shape index (κ2) is 5.66. The van der Waals surface area contributed by atoms with Crippen LogP contribution in [0, 0.1) is 11.8 Å². The van der Waals surface area contributed by atoms with Crippen molar-refractivity contribution in [2.75, 3.05) is 19.6 Å². The minimum atomic E-state index is 0.461. The first-order valence-electron chi connectivity index (χ1n) is 5.65. The predicted molar refractivity (Wildman–Crippen MR) is 65.4 cm³/mol. The Morgan fingerprint density at radius 1 is 1.64 bits per heavy atom. The number of hydrogen-bond acceptors (Lipinski definition) is 2. The highest BCUT2D eigenvalue weighted by Gasteiger charge is 2.22. The van der Waals surface area contributed by atoms with Crippen LogP contribution in [0.3, 0.4) is 0 Å². The van der Waals surface area contributed by atoms with Crippen LogP contribution in [0.15, 0.2) is 0 Å². The molecule has 2 unspecified atom stereocenters. The lowest BCUT2D eigenvalue weighted by molar-refractivity contribution is 0.179. The Morgan fingerprint density at radius 2 is 2.36 bits per heavy atom. The van der Waals surface area contributed by atoms with Gasteiger partial charge in [-0.2, -0.15) is 0 Å². The van der Waals surface area contributed by atoms with E-state index in [1.165, 1.54) is 32.4 Å². The molecule has 2 nitrogen and oxygen atoms in total. The normalized spacial score (nSPS) is 26.0. The van der Waals surface area contributed by atoms with Crippen molar-refractivity contribution in [2.24, 2.45) is 17.6 Å². The van der Waals surface area contributed by atoms with Crippen molar-refractivity contribution in [3.05, 3.63) is 0 Å². The quantitative estimate of drug-likeness (QED) is 0.726. The van der Waals surface area contributed by atoms with E-state index in [-0.39, 0.29) is 0 Å². The van der Waals surface area contributed by atoms with E-state index < -0.39 is 0 Å². The van der Waals surface area contributed by atoms with Gasteiger partial charge in [-0.3, -0.25) is 0 Å². The molecule has 2 N–H and O–H groups in total. The average molecular weight is 214 g/mol. The first-order chi connectivity index (χ1) is 6.63. The molecule has 0 aromatic rings. The van der Waals surface area contributed by atoms with Crippen molar-refractivity contribution in [1.82, 2.24) is 4.90 Å². The predicted octanol–water partition coefficient (Wildman–Crippen LogP) is 2.03. The second-order valence-electron chi connectivity index (χ2n) is 4.51. The molecule has 0 aliphatic carbocycles. The number of nitrogens with zero attached hydrogens (tertiary/aromatic N) is 1. The third kappa shape index (κ3) is 3.54. The molecule has 0 saturated carbocycles. The van der Waals surface area contributed by atoms with Crippen LogP contribution in [0.2, 0.25) is 0 Å². The summed E-state index contributed by atoms with van der Waals surface area (Å²) in [6, 6.07) is 0. The highest BCUT2D eigenvalue weighted by Crippen LogP contribution is 2.18. The number of thiocarbonyl (C=S) groups is 1. The van der Waals surface area contributed by atoms with Gasteiger partial charge in [0.05, 0.1) is 4.99 Å². The highest BCUT2D eigenvalue weighted by molar-refractivity contribution is 7.80. The zero-order chi connectivity index (χ0) is 10.6. The lowest BCUT2D eigenvalue weighted by atomic mass is 9.97. The van der Waals surface area contributed by atoms with Gasteiger partial charge in [0.15, 0.2) is 0 Å². The average Bonchev–Trinajstić information content (AvgIpc) is 2.18. The van der Waals surface area contributed by atoms with Crippen molar-refractivity contribution in [2.45, 2.75) is 33.1 Å². The molecule has 2 atom stereocenters. The first kappa shape index (κ1) is 11.9. The third-order valence-electron chi connectivity index (χ3n) is 3.17. The maximum absolute atomic E-state index is 5.70. The summed E-state index contributed by atoms with van der Waals surface area (Å²) >= 11 is 5.06. The second-order valence-corrected chi connectivity index (χ2v) is 4.99. The van der Waals surface area contributed by atoms with Gasteiger partial charge in [0.2, 0.25) is 0 Å². The third-order valence-corrected chi connectivity index (χ3v) is 3.51. The van der Waals surface area contributed by atoms with Crippen LogP contribution in [0.4, 0.5) is 0 Å². The molecule has 1 aliphatic rings. The Kier molecular flexibility index (Phi) is 4.82. The molecule has 3 heteroatoms. The number of likely N-dealkylation sites (tertiary alicyclic amines) is 1. The Balaban J connectivity index is 2.36. The van der Waals surface area contributed by atoms with Gasteiger partial charge in [0, 0.05) is 19.0 Å². The van der Waals surface area contributed by atoms with Crippen LogP contribution in [0.1, 0.15) is 33.1 Å². The summed E-state index contributed by atoms with van der Waals surface area (Å²) in [6.07, 6.45) is 3.69. The molecule has 0 aromatic carbocycles. The van der Waals surface area contributed by atoms with Gasteiger partial charge in [0.25, 0.3) is 0 Å². The molecular weight excluding hydrogens is 192 g/mol. The SMILES string of the molecule is CCC(C)CN1CCCC(C(N)=S)C1. The fourth-order valence-electron chi connectivity index (χ4n) is 2.02. The van der Waals surface area contributed by atoms with Crippen LogP contribution >= 0.6 is 12.2 Å². The van der Waals surface area contributed by atoms with E-state index in [2.05, 4.69) is 18.7 Å². The van der Waals surface area contributed by atoms with Gasteiger partial charge in [-0.15, -0.1) is 0 Å². The Hall–Kier alpha value is -0.150. The maximum Gasteiger partial charge on any atom is 0.0771 e. The minimum Gasteiger partial charge on any atom is -0.393 e. The van der Waals surface area contributed by atoms with Gasteiger partial charge >= 0.3 is 0 Å². The zero-order valence-electron chi connectivity index (χ0n) is 9.33. The van der Waals surface area contributed by atoms with Crippen molar-refractivity contribution in [3.63, 3.8) is 0 Å². The van der Waals surface area contributed by atoms with Crippen molar-refractivity contribution in [1.29, 1.82) is 0 Å². The summed E-state index contributed by atoms with van der Waals surface area (Å²) in [4.78, 5) is 3.22.